The molecule has 0 amide bonds. The van der Waals surface area contributed by atoms with Gasteiger partial charge in [-0.15, -0.1) is 0 Å². The molecule has 0 radical (unpaired) electrons. The second-order valence-corrected chi connectivity index (χ2v) is 13.8. The summed E-state index contributed by atoms with van der Waals surface area (Å²) in [5, 5.41) is 0. The third-order valence-electron chi connectivity index (χ3n) is 6.68. The van der Waals surface area contributed by atoms with Crippen LogP contribution in [-0.2, 0) is 66.8 Å². The quantitative estimate of drug-likeness (QED) is 0.0959. The maximum atomic E-state index is 12.5. The summed E-state index contributed by atoms with van der Waals surface area (Å²) in [7, 11) is 0. The van der Waals surface area contributed by atoms with Crippen LogP contribution in [0.4, 0.5) is 0 Å². The van der Waals surface area contributed by atoms with E-state index in [2.05, 4.69) is 0 Å². The average molecular weight is 659 g/mol. The van der Waals surface area contributed by atoms with E-state index in [4.69, 9.17) is 28.4 Å². The third-order valence-corrected chi connectivity index (χ3v) is 6.68. The van der Waals surface area contributed by atoms with Crippen molar-refractivity contribution in [3.8, 4) is 0 Å². The molecule has 0 rings (SSSR count). The molecule has 0 saturated carbocycles. The molecule has 0 saturated heterocycles. The molecule has 0 aromatic carbocycles. The molecule has 2 atom stereocenters. The van der Waals surface area contributed by atoms with E-state index >= 15 is 0 Å². The number of hydrogen-bond acceptors (Lipinski definition) is 14. The molecule has 0 aromatic rings. The highest BCUT2D eigenvalue weighted by molar-refractivity contribution is 6.02. The van der Waals surface area contributed by atoms with E-state index in [9.17, 15) is 38.4 Å². The Labute approximate surface area is 270 Å². The Bertz CT molecular complexity index is 1060. The molecular formula is C32H50O14. The fourth-order valence-corrected chi connectivity index (χ4v) is 3.47. The maximum Gasteiger partial charge on any atom is 0.323 e. The zero-order chi connectivity index (χ0) is 36.3. The molecule has 2 unspecified atom stereocenters. The Morgan fingerprint density at radius 3 is 0.783 bits per heavy atom. The number of rotatable bonds is 17. The lowest BCUT2D eigenvalue weighted by molar-refractivity contribution is -0.177. The van der Waals surface area contributed by atoms with Crippen molar-refractivity contribution in [2.45, 2.75) is 83.1 Å². The number of carbonyl (C=O) groups is 8. The van der Waals surface area contributed by atoms with Crippen molar-refractivity contribution < 1.29 is 66.8 Å². The topological polar surface area (TPSA) is 192 Å². The van der Waals surface area contributed by atoms with Crippen LogP contribution in [0.5, 0.6) is 0 Å². The average Bonchev–Trinajstić information content (AvgIpc) is 2.95. The van der Waals surface area contributed by atoms with E-state index in [0.29, 0.717) is 0 Å². The van der Waals surface area contributed by atoms with E-state index < -0.39 is 82.5 Å². The van der Waals surface area contributed by atoms with Gasteiger partial charge in [-0.3, -0.25) is 38.4 Å². The predicted octanol–water partition coefficient (Wildman–Crippen LogP) is 2.80. The van der Waals surface area contributed by atoms with Gasteiger partial charge in [0.1, 0.15) is 51.5 Å². The molecule has 46 heavy (non-hydrogen) atoms. The van der Waals surface area contributed by atoms with Crippen molar-refractivity contribution in [3.63, 3.8) is 0 Å². The summed E-state index contributed by atoms with van der Waals surface area (Å²) in [5.41, 5.74) is -4.98. The van der Waals surface area contributed by atoms with Gasteiger partial charge in [-0.2, -0.15) is 0 Å². The molecule has 14 nitrogen and oxygen atoms in total. The lowest BCUT2D eigenvalue weighted by Gasteiger charge is -2.23. The van der Waals surface area contributed by atoms with Crippen LogP contribution < -0.4 is 0 Å². The first kappa shape index (κ1) is 42.2. The number of Topliss-reactive ketones (excluding diaryl/α,β-unsaturated/α-hetero) is 2. The summed E-state index contributed by atoms with van der Waals surface area (Å²) >= 11 is 0. The van der Waals surface area contributed by atoms with Crippen LogP contribution in [0.15, 0.2) is 0 Å². The van der Waals surface area contributed by atoms with E-state index in [-0.39, 0.29) is 38.0 Å². The number of ketones is 2. The van der Waals surface area contributed by atoms with Crippen LogP contribution in [0.25, 0.3) is 0 Å². The number of ether oxygens (including phenoxy) is 6. The fraction of sp³-hybridized carbons (Fsp3) is 0.750. The number of carbonyl (C=O) groups excluding carboxylic acids is 8. The number of esters is 6. The van der Waals surface area contributed by atoms with Crippen LogP contribution in [-0.4, -0.2) is 87.0 Å². The molecule has 262 valence electrons. The van der Waals surface area contributed by atoms with Gasteiger partial charge in [0, 0.05) is 10.8 Å². The van der Waals surface area contributed by atoms with Crippen molar-refractivity contribution in [1.29, 1.82) is 0 Å². The van der Waals surface area contributed by atoms with E-state index in [1.165, 1.54) is 41.5 Å². The van der Waals surface area contributed by atoms with Crippen molar-refractivity contribution in [2.75, 3.05) is 39.6 Å². The molecular weight excluding hydrogens is 608 g/mol. The Kier molecular flexibility index (Phi) is 15.7. The molecule has 0 heterocycles. The maximum absolute atomic E-state index is 12.5. The van der Waals surface area contributed by atoms with E-state index in [1.807, 2.05) is 0 Å². The van der Waals surface area contributed by atoms with Gasteiger partial charge in [0.15, 0.2) is 22.4 Å². The first-order chi connectivity index (χ1) is 20.8. The van der Waals surface area contributed by atoms with Gasteiger partial charge in [0.2, 0.25) is 0 Å². The second kappa shape index (κ2) is 17.2. The van der Waals surface area contributed by atoms with Gasteiger partial charge in [0.25, 0.3) is 0 Å². The largest absolute Gasteiger partial charge is 0.462 e. The first-order valence-corrected chi connectivity index (χ1v) is 14.9. The smallest absolute Gasteiger partial charge is 0.323 e. The summed E-state index contributed by atoms with van der Waals surface area (Å²) < 4.78 is 30.0. The van der Waals surface area contributed by atoms with Crippen molar-refractivity contribution in [3.05, 3.63) is 0 Å². The molecule has 0 aliphatic rings. The van der Waals surface area contributed by atoms with Gasteiger partial charge in [-0.1, -0.05) is 41.5 Å². The van der Waals surface area contributed by atoms with Crippen LogP contribution in [0.1, 0.15) is 83.1 Å². The minimum absolute atomic E-state index is 0.301. The zero-order valence-corrected chi connectivity index (χ0v) is 29.1. The zero-order valence-electron chi connectivity index (χ0n) is 29.1. The Hall–Kier alpha value is -3.84. The normalized spacial score (nSPS) is 13.4. The molecule has 0 aromatic heterocycles. The molecule has 0 fully saturated rings. The molecule has 14 heteroatoms. The van der Waals surface area contributed by atoms with Gasteiger partial charge in [0.05, 0.1) is 0 Å². The molecule has 0 aliphatic heterocycles. The van der Waals surface area contributed by atoms with Crippen LogP contribution >= 0.6 is 0 Å². The van der Waals surface area contributed by atoms with Crippen LogP contribution in [0.3, 0.4) is 0 Å². The summed E-state index contributed by atoms with van der Waals surface area (Å²) in [6.45, 7) is 15.7. The lowest BCUT2D eigenvalue weighted by Crippen LogP contribution is -2.39. The summed E-state index contributed by atoms with van der Waals surface area (Å²) in [5.74, 6) is -8.01. The Balaban J connectivity index is 4.57. The van der Waals surface area contributed by atoms with Gasteiger partial charge in [-0.25, -0.2) is 0 Å². The van der Waals surface area contributed by atoms with Crippen LogP contribution in [0.2, 0.25) is 0 Å². The Morgan fingerprint density at radius 2 is 0.587 bits per heavy atom. The molecule has 0 aliphatic carbocycles. The minimum atomic E-state index is -1.76. The molecule has 0 spiro atoms. The standard InChI is InChI=1S/C32H50O14/c1-19(21(33)29(3,4)5)23(35)41-13-15-43-25(37)31(9,10)27(39)45-17-18-46-28(40)32(11,12)26(38)44-16-14-42-24(36)20(2)22(34)30(6,7)8/h19-20H,13-18H2,1-12H3. The predicted molar refractivity (Wildman–Crippen MR) is 161 cm³/mol. The first-order valence-electron chi connectivity index (χ1n) is 14.9. The number of hydrogen-bond donors (Lipinski definition) is 0. The van der Waals surface area contributed by atoms with Crippen molar-refractivity contribution in [2.24, 2.45) is 33.5 Å². The Morgan fingerprint density at radius 1 is 0.391 bits per heavy atom. The SMILES string of the molecule is CC(C(=O)OCCOC(=O)C(C)(C)C(=O)OCCOC(=O)C(C)(C)C(=O)OCCOC(=O)C(C)C(=O)C(C)(C)C)C(=O)C(C)(C)C. The molecule has 0 bridgehead atoms. The highest BCUT2D eigenvalue weighted by Crippen LogP contribution is 2.23. The summed E-state index contributed by atoms with van der Waals surface area (Å²) in [4.78, 5) is 98.3. The van der Waals surface area contributed by atoms with Crippen LogP contribution in [0, 0.1) is 33.5 Å². The van der Waals surface area contributed by atoms with Gasteiger partial charge in [-0.05, 0) is 41.5 Å². The summed E-state index contributed by atoms with van der Waals surface area (Å²) in [6, 6.07) is 0. The minimum Gasteiger partial charge on any atom is -0.462 e. The van der Waals surface area contributed by atoms with Crippen molar-refractivity contribution >= 4 is 47.4 Å². The highest BCUT2D eigenvalue weighted by Gasteiger charge is 2.41. The van der Waals surface area contributed by atoms with Crippen molar-refractivity contribution in [1.82, 2.24) is 0 Å². The van der Waals surface area contributed by atoms with Gasteiger partial charge >= 0.3 is 35.8 Å². The fourth-order valence-electron chi connectivity index (χ4n) is 3.47. The lowest BCUT2D eigenvalue weighted by atomic mass is 9.84. The summed E-state index contributed by atoms with van der Waals surface area (Å²) in [6.07, 6.45) is 0. The van der Waals surface area contributed by atoms with E-state index in [1.54, 1.807) is 41.5 Å². The highest BCUT2D eigenvalue weighted by atomic mass is 16.6. The second-order valence-electron chi connectivity index (χ2n) is 13.8. The molecule has 0 N–H and O–H groups in total. The third kappa shape index (κ3) is 12.9. The van der Waals surface area contributed by atoms with E-state index in [0.717, 1.165) is 0 Å². The monoisotopic (exact) mass is 658 g/mol. The van der Waals surface area contributed by atoms with Gasteiger partial charge < -0.3 is 28.4 Å².